The Bertz CT molecular complexity index is 1280. The number of nitrogens with zero attached hydrogens (tertiary/aromatic N) is 2. The fourth-order valence-corrected chi connectivity index (χ4v) is 4.06. The Morgan fingerprint density at radius 1 is 0.943 bits per heavy atom. The minimum absolute atomic E-state index is 0. The molecule has 0 amide bonds. The number of rotatable bonds is 10. The third-order valence-electron chi connectivity index (χ3n) is 5.79. The minimum atomic E-state index is -1.47. The molecule has 0 fully saturated rings. The van der Waals surface area contributed by atoms with Crippen LogP contribution in [-0.4, -0.2) is 28.6 Å². The van der Waals surface area contributed by atoms with Gasteiger partial charge in [0.2, 0.25) is 0 Å². The van der Waals surface area contributed by atoms with Gasteiger partial charge in [-0.1, -0.05) is 60.7 Å². The van der Waals surface area contributed by atoms with Crippen LogP contribution in [0.3, 0.4) is 0 Å². The van der Waals surface area contributed by atoms with Crippen molar-refractivity contribution in [1.82, 2.24) is 9.47 Å². The first kappa shape index (κ1) is 26.7. The summed E-state index contributed by atoms with van der Waals surface area (Å²) < 4.78 is 7.73. The van der Waals surface area contributed by atoms with Crippen molar-refractivity contribution < 1.29 is 44.2 Å². The Morgan fingerprint density at radius 2 is 1.54 bits per heavy atom. The molecule has 0 aliphatic heterocycles. The van der Waals surface area contributed by atoms with Crippen LogP contribution in [-0.2, 0) is 19.6 Å². The summed E-state index contributed by atoms with van der Waals surface area (Å²) >= 11 is 0. The smallest absolute Gasteiger partial charge is 0.545 e. The van der Waals surface area contributed by atoms with Crippen LogP contribution in [0.4, 0.5) is 0 Å². The maximum Gasteiger partial charge on any atom is 1.00 e. The van der Waals surface area contributed by atoms with Crippen LogP contribution in [0.25, 0.3) is 10.9 Å². The number of aryl methyl sites for hydroxylation is 1. The second-order valence-electron chi connectivity index (χ2n) is 8.15. The van der Waals surface area contributed by atoms with Gasteiger partial charge < -0.3 is 19.2 Å². The maximum atomic E-state index is 12.7. The largest absolute Gasteiger partial charge is 1.00 e. The normalized spacial score (nSPS) is 10.8. The van der Waals surface area contributed by atoms with Gasteiger partial charge in [0.05, 0.1) is 17.0 Å². The van der Waals surface area contributed by atoms with Gasteiger partial charge in [0, 0.05) is 37.8 Å². The molecule has 0 N–H and O–H groups in total. The van der Waals surface area contributed by atoms with Crippen LogP contribution in [0, 0.1) is 0 Å². The van der Waals surface area contributed by atoms with Gasteiger partial charge in [0.25, 0.3) is 0 Å². The fraction of sp³-hybridized carbons (Fsp3) is 0.214. The monoisotopic (exact) mass is 478 g/mol. The number of ether oxygens (including phenoxy) is 1. The number of hydrogen-bond acceptors (Lipinski definition) is 5. The van der Waals surface area contributed by atoms with Crippen molar-refractivity contribution in [3.05, 3.63) is 112 Å². The Hall–Kier alpha value is -2.90. The molecule has 174 valence electrons. The third-order valence-corrected chi connectivity index (χ3v) is 5.79. The topological polar surface area (TPSA) is 74.6 Å². The molecule has 35 heavy (non-hydrogen) atoms. The summed E-state index contributed by atoms with van der Waals surface area (Å²) in [5, 5.41) is 11.7. The van der Waals surface area contributed by atoms with E-state index in [-0.39, 0.29) is 35.1 Å². The summed E-state index contributed by atoms with van der Waals surface area (Å²) in [6.45, 7) is 5.10. The second kappa shape index (κ2) is 12.7. The van der Waals surface area contributed by atoms with Crippen molar-refractivity contribution >= 4 is 16.9 Å². The molecule has 3 aromatic carbocycles. The third kappa shape index (κ3) is 6.83. The van der Waals surface area contributed by atoms with E-state index in [9.17, 15) is 14.7 Å². The van der Waals surface area contributed by atoms with Crippen LogP contribution in [0.15, 0.2) is 89.9 Å². The number of carboxylic acids is 1. The standard InChI is InChI=1S/C28H28N2O4.Na/c1-2-30-20-25(28(32)33)27(31)24-17-23(13-14-26(24)30)34-16-15-29(18-21-9-5-3-6-10-21)19-22-11-7-4-8-12-22;/h3-14,17,20H,2,15-16,18-19H2,1H3,(H,32,33);/q;+1/p-1. The number of carboxylic acid groups (broad SMARTS) is 1. The van der Waals surface area contributed by atoms with Gasteiger partial charge in [-0.2, -0.15) is 0 Å². The molecule has 0 unspecified atom stereocenters. The summed E-state index contributed by atoms with van der Waals surface area (Å²) in [4.78, 5) is 26.4. The van der Waals surface area contributed by atoms with Crippen molar-refractivity contribution in [2.75, 3.05) is 13.2 Å². The molecule has 1 aromatic heterocycles. The Labute approximate surface area is 227 Å². The van der Waals surface area contributed by atoms with E-state index in [0.29, 0.717) is 36.3 Å². The number of aromatic nitrogens is 1. The van der Waals surface area contributed by atoms with Gasteiger partial charge in [-0.3, -0.25) is 9.69 Å². The van der Waals surface area contributed by atoms with Gasteiger partial charge >= 0.3 is 29.6 Å². The summed E-state index contributed by atoms with van der Waals surface area (Å²) in [5.41, 5.74) is 2.21. The molecule has 4 aromatic rings. The summed E-state index contributed by atoms with van der Waals surface area (Å²) in [7, 11) is 0. The second-order valence-corrected chi connectivity index (χ2v) is 8.15. The maximum absolute atomic E-state index is 12.7. The van der Waals surface area contributed by atoms with Crippen LogP contribution in [0.5, 0.6) is 5.75 Å². The minimum Gasteiger partial charge on any atom is -0.545 e. The molecule has 0 saturated heterocycles. The van der Waals surface area contributed by atoms with E-state index in [1.807, 2.05) is 49.4 Å². The Balaban J connectivity index is 0.00000342. The van der Waals surface area contributed by atoms with Gasteiger partial charge in [0.1, 0.15) is 12.4 Å². The van der Waals surface area contributed by atoms with E-state index in [0.717, 1.165) is 13.1 Å². The molecule has 0 spiro atoms. The van der Waals surface area contributed by atoms with Gasteiger partial charge in [-0.25, -0.2) is 0 Å². The van der Waals surface area contributed by atoms with Crippen LogP contribution in [0.1, 0.15) is 28.4 Å². The Kier molecular flexibility index (Phi) is 9.69. The van der Waals surface area contributed by atoms with E-state index >= 15 is 0 Å². The summed E-state index contributed by atoms with van der Waals surface area (Å²) in [6, 6.07) is 25.8. The number of carbonyl (C=O) groups is 1. The first-order valence-corrected chi connectivity index (χ1v) is 11.4. The first-order valence-electron chi connectivity index (χ1n) is 11.4. The molecule has 6 nitrogen and oxygen atoms in total. The van der Waals surface area contributed by atoms with Crippen molar-refractivity contribution in [3.63, 3.8) is 0 Å². The molecule has 0 radical (unpaired) electrons. The number of pyridine rings is 1. The van der Waals surface area contributed by atoms with Crippen molar-refractivity contribution in [2.24, 2.45) is 0 Å². The van der Waals surface area contributed by atoms with Crippen LogP contribution in [0.2, 0.25) is 0 Å². The van der Waals surface area contributed by atoms with Crippen molar-refractivity contribution in [3.8, 4) is 5.75 Å². The summed E-state index contributed by atoms with van der Waals surface area (Å²) in [5.74, 6) is -0.944. The number of carbonyl (C=O) groups excluding carboxylic acids is 1. The van der Waals surface area contributed by atoms with E-state index in [1.54, 1.807) is 16.7 Å². The zero-order chi connectivity index (χ0) is 23.9. The molecule has 0 atom stereocenters. The van der Waals surface area contributed by atoms with E-state index in [4.69, 9.17) is 4.74 Å². The fourth-order valence-electron chi connectivity index (χ4n) is 4.06. The van der Waals surface area contributed by atoms with Gasteiger partial charge in [0.15, 0.2) is 5.43 Å². The molecule has 4 rings (SSSR count). The zero-order valence-electron chi connectivity index (χ0n) is 20.1. The van der Waals surface area contributed by atoms with Gasteiger partial charge in [-0.05, 0) is 36.2 Å². The molecule has 0 bridgehead atoms. The first-order chi connectivity index (χ1) is 16.5. The zero-order valence-corrected chi connectivity index (χ0v) is 22.1. The average Bonchev–Trinajstić information content (AvgIpc) is 2.85. The SMILES string of the molecule is CCn1cc(C(=O)[O-])c(=O)c2cc(OCCN(Cc3ccccc3)Cc3ccccc3)ccc21.[Na+]. The molecule has 1 heterocycles. The Morgan fingerprint density at radius 3 is 2.09 bits per heavy atom. The molecule has 0 aliphatic carbocycles. The predicted molar refractivity (Wildman–Crippen MR) is 131 cm³/mol. The number of hydrogen-bond donors (Lipinski definition) is 0. The quantitative estimate of drug-likeness (QED) is 0.310. The number of aromatic carboxylic acids is 1. The summed E-state index contributed by atoms with van der Waals surface area (Å²) in [6.07, 6.45) is 1.34. The molecular weight excluding hydrogens is 451 g/mol. The predicted octanol–water partition coefficient (Wildman–Crippen LogP) is 0.470. The molecular formula is C28H27N2NaO4. The molecule has 7 heteroatoms. The van der Waals surface area contributed by atoms with Crippen LogP contribution >= 0.6 is 0 Å². The number of fused-ring (bicyclic) bond motifs is 1. The molecule has 0 aliphatic rings. The van der Waals surface area contributed by atoms with E-state index in [1.165, 1.54) is 17.3 Å². The van der Waals surface area contributed by atoms with Crippen molar-refractivity contribution in [2.45, 2.75) is 26.6 Å². The van der Waals surface area contributed by atoms with Gasteiger partial charge in [-0.15, -0.1) is 0 Å². The molecule has 0 saturated carbocycles. The average molecular weight is 479 g/mol. The number of benzene rings is 3. The van der Waals surface area contributed by atoms with Crippen LogP contribution < -0.4 is 44.8 Å². The van der Waals surface area contributed by atoms with E-state index < -0.39 is 11.4 Å². The van der Waals surface area contributed by atoms with E-state index in [2.05, 4.69) is 29.2 Å². The van der Waals surface area contributed by atoms with Crippen molar-refractivity contribution in [1.29, 1.82) is 0 Å².